The van der Waals surface area contributed by atoms with Crippen molar-refractivity contribution in [3.63, 3.8) is 0 Å². The minimum absolute atomic E-state index is 0.0597. The summed E-state index contributed by atoms with van der Waals surface area (Å²) >= 11 is 5.71. The van der Waals surface area contributed by atoms with E-state index in [1.165, 1.54) is 11.0 Å². The lowest BCUT2D eigenvalue weighted by Crippen LogP contribution is -2.44. The third-order valence-electron chi connectivity index (χ3n) is 7.92. The van der Waals surface area contributed by atoms with E-state index in [2.05, 4.69) is 9.97 Å². The van der Waals surface area contributed by atoms with Gasteiger partial charge in [0, 0.05) is 36.8 Å². The molecule has 5 heterocycles. The molecule has 0 saturated heterocycles. The van der Waals surface area contributed by atoms with Gasteiger partial charge >= 0.3 is 6.18 Å². The van der Waals surface area contributed by atoms with Crippen LogP contribution < -0.4 is 0 Å². The number of aliphatic hydroxyl groups is 2. The van der Waals surface area contributed by atoms with Gasteiger partial charge in [0.1, 0.15) is 11.3 Å². The maximum Gasteiger partial charge on any atom is 0.434 e. The summed E-state index contributed by atoms with van der Waals surface area (Å²) in [5.41, 5.74) is 0.609. The molecule has 0 aromatic carbocycles. The van der Waals surface area contributed by atoms with Crippen LogP contribution in [0.2, 0.25) is 5.02 Å². The number of pyridine rings is 2. The predicted molar refractivity (Wildman–Crippen MR) is 144 cm³/mol. The molecule has 9 nitrogen and oxygen atoms in total. The van der Waals surface area contributed by atoms with Gasteiger partial charge in [0.25, 0.3) is 5.91 Å². The van der Waals surface area contributed by atoms with Gasteiger partial charge in [0.2, 0.25) is 0 Å². The van der Waals surface area contributed by atoms with Crippen LogP contribution in [0.3, 0.4) is 0 Å². The third-order valence-corrected chi connectivity index (χ3v) is 8.23. The van der Waals surface area contributed by atoms with E-state index in [-0.39, 0.29) is 30.4 Å². The number of hydrogen-bond acceptors (Lipinski definition) is 7. The van der Waals surface area contributed by atoms with Gasteiger partial charge in [-0.25, -0.2) is 4.98 Å². The summed E-state index contributed by atoms with van der Waals surface area (Å²) in [4.78, 5) is 24.8. The third kappa shape index (κ3) is 5.33. The van der Waals surface area contributed by atoms with Gasteiger partial charge in [-0.05, 0) is 58.4 Å². The topological polar surface area (TPSA) is 108 Å². The molecular weight excluding hydrogens is 561 g/mol. The van der Waals surface area contributed by atoms with Crippen LogP contribution in [0.4, 0.5) is 13.2 Å². The number of hydrogen-bond donors (Lipinski definition) is 2. The fourth-order valence-electron chi connectivity index (χ4n) is 5.59. The van der Waals surface area contributed by atoms with E-state index < -0.39 is 34.6 Å². The monoisotopic (exact) mass is 592 g/mol. The number of aromatic nitrogens is 4. The van der Waals surface area contributed by atoms with Crippen molar-refractivity contribution in [3.8, 4) is 0 Å². The van der Waals surface area contributed by atoms with E-state index in [9.17, 15) is 28.2 Å². The highest BCUT2D eigenvalue weighted by Crippen LogP contribution is 2.40. The predicted octanol–water partition coefficient (Wildman–Crippen LogP) is 4.79. The molecule has 0 fully saturated rings. The van der Waals surface area contributed by atoms with Crippen LogP contribution in [0.25, 0.3) is 0 Å². The van der Waals surface area contributed by atoms with Crippen LogP contribution in [0.5, 0.6) is 0 Å². The number of carbonyl (C=O) groups excluding carboxylic acids is 1. The Hall–Kier alpha value is -3.06. The molecule has 3 aromatic rings. The van der Waals surface area contributed by atoms with Crippen molar-refractivity contribution >= 4 is 17.5 Å². The molecule has 0 radical (unpaired) electrons. The molecule has 220 valence electrons. The maximum atomic E-state index is 13.4. The Morgan fingerprint density at radius 2 is 1.85 bits per heavy atom. The molecule has 3 aromatic heterocycles. The van der Waals surface area contributed by atoms with E-state index >= 15 is 0 Å². The van der Waals surface area contributed by atoms with E-state index in [1.807, 2.05) is 24.8 Å². The lowest BCUT2D eigenvalue weighted by molar-refractivity contribution is -0.141. The summed E-state index contributed by atoms with van der Waals surface area (Å²) in [6.45, 7) is 9.62. The van der Waals surface area contributed by atoms with Crippen molar-refractivity contribution in [2.45, 2.75) is 83.7 Å². The highest BCUT2D eigenvalue weighted by atomic mass is 35.5. The molecule has 1 amide bonds. The molecule has 1 unspecified atom stereocenters. The Morgan fingerprint density at radius 1 is 1.15 bits per heavy atom. The normalized spacial score (nSPS) is 22.3. The number of halogens is 4. The molecule has 2 aliphatic heterocycles. The summed E-state index contributed by atoms with van der Waals surface area (Å²) < 4.78 is 42.0. The Labute approximate surface area is 240 Å². The molecule has 0 saturated carbocycles. The van der Waals surface area contributed by atoms with Gasteiger partial charge in [-0.15, -0.1) is 0 Å². The molecule has 5 rings (SSSR count). The zero-order chi connectivity index (χ0) is 30.0. The van der Waals surface area contributed by atoms with Crippen molar-refractivity contribution < 1.29 is 28.2 Å². The van der Waals surface area contributed by atoms with E-state index in [1.54, 1.807) is 37.7 Å². The molecule has 4 atom stereocenters. The second-order valence-corrected chi connectivity index (χ2v) is 11.8. The van der Waals surface area contributed by atoms with Crippen molar-refractivity contribution in [3.05, 3.63) is 75.1 Å². The molecule has 41 heavy (non-hydrogen) atoms. The molecule has 2 N–H and O–H groups in total. The molecule has 0 bridgehead atoms. The lowest BCUT2D eigenvalue weighted by atomic mass is 9.96. The molecule has 0 aliphatic carbocycles. The largest absolute Gasteiger partial charge is 0.434 e. The number of alkyl halides is 3. The summed E-state index contributed by atoms with van der Waals surface area (Å²) in [7, 11) is 0. The molecule has 13 heteroatoms. The molecular formula is C28H32ClF3N6O3. The highest BCUT2D eigenvalue weighted by Gasteiger charge is 2.42. The first kappa shape index (κ1) is 29.4. The fourth-order valence-corrected chi connectivity index (χ4v) is 5.80. The average molecular weight is 593 g/mol. The van der Waals surface area contributed by atoms with E-state index in [4.69, 9.17) is 16.7 Å². The summed E-state index contributed by atoms with van der Waals surface area (Å²) in [5.74, 6) is -0.660. The van der Waals surface area contributed by atoms with Crippen LogP contribution in [-0.2, 0) is 24.7 Å². The summed E-state index contributed by atoms with van der Waals surface area (Å²) in [6.07, 6.45) is -3.79. The average Bonchev–Trinajstić information content (AvgIpc) is 3.27. The molecule has 2 aliphatic rings. The summed E-state index contributed by atoms with van der Waals surface area (Å²) in [6, 6.07) is 5.15. The smallest absolute Gasteiger partial charge is 0.384 e. The zero-order valence-corrected chi connectivity index (χ0v) is 24.1. The van der Waals surface area contributed by atoms with Crippen LogP contribution in [-0.4, -0.2) is 58.3 Å². The first-order valence-electron chi connectivity index (χ1n) is 13.3. The quantitative estimate of drug-likeness (QED) is 0.449. The Balaban J connectivity index is 1.44. The molecule has 0 spiro atoms. The number of carbonyl (C=O) groups is 1. The standard InChI is InChI=1S/C28H32ClF3N6O3/c1-14-10-21-18(13-36(14)25(39)20-8-7-19(29)24(34-20)28(30,31)32)23-26(40)37(12-15(2)38(23)35-21)16(3)17-6-9-22(33-11-17)27(4,5)41/h6-9,11,14-16,26,40-41H,10,12-13H2,1-5H3/t14-,15-,16+,26?/m1/s1. The Morgan fingerprint density at radius 3 is 2.46 bits per heavy atom. The first-order chi connectivity index (χ1) is 19.1. The number of aliphatic hydroxyl groups excluding tert-OH is 1. The van der Waals surface area contributed by atoms with Crippen molar-refractivity contribution in [2.75, 3.05) is 6.54 Å². The van der Waals surface area contributed by atoms with Gasteiger partial charge < -0.3 is 15.1 Å². The van der Waals surface area contributed by atoms with Crippen LogP contribution in [0.15, 0.2) is 30.5 Å². The lowest BCUT2D eigenvalue weighted by Gasteiger charge is -2.41. The minimum atomic E-state index is -4.80. The van der Waals surface area contributed by atoms with Crippen LogP contribution in [0.1, 0.15) is 97.3 Å². The number of amides is 1. The SMILES string of the molecule is C[C@@H]1Cc2nn3c(c2CN1C(=O)c1ccc(Cl)c(C(F)(F)F)n1)C(O)N([C@@H](C)c1ccc(C(C)(C)O)nc1)C[C@H]3C. The van der Waals surface area contributed by atoms with Gasteiger partial charge in [-0.2, -0.15) is 18.3 Å². The van der Waals surface area contributed by atoms with E-state index in [0.29, 0.717) is 29.9 Å². The van der Waals surface area contributed by atoms with Gasteiger partial charge in [0.15, 0.2) is 11.9 Å². The Kier molecular flexibility index (Phi) is 7.42. The van der Waals surface area contributed by atoms with Crippen molar-refractivity contribution in [1.82, 2.24) is 29.5 Å². The van der Waals surface area contributed by atoms with Gasteiger partial charge in [-0.3, -0.25) is 19.4 Å². The summed E-state index contributed by atoms with van der Waals surface area (Å²) in [5, 5.41) is 26.1. The second kappa shape index (κ2) is 10.3. The van der Waals surface area contributed by atoms with Crippen molar-refractivity contribution in [2.24, 2.45) is 0 Å². The minimum Gasteiger partial charge on any atom is -0.384 e. The van der Waals surface area contributed by atoms with Gasteiger partial charge in [0.05, 0.1) is 34.7 Å². The van der Waals surface area contributed by atoms with Crippen LogP contribution >= 0.6 is 11.6 Å². The first-order valence-corrected chi connectivity index (χ1v) is 13.7. The van der Waals surface area contributed by atoms with Crippen LogP contribution in [0, 0.1) is 0 Å². The Bertz CT molecular complexity index is 1470. The second-order valence-electron chi connectivity index (χ2n) is 11.4. The number of fused-ring (bicyclic) bond motifs is 3. The number of nitrogens with zero attached hydrogens (tertiary/aromatic N) is 6. The van der Waals surface area contributed by atoms with Gasteiger partial charge in [-0.1, -0.05) is 17.7 Å². The van der Waals surface area contributed by atoms with E-state index in [0.717, 1.165) is 17.3 Å². The maximum absolute atomic E-state index is 13.4. The zero-order valence-electron chi connectivity index (χ0n) is 23.3. The highest BCUT2D eigenvalue weighted by molar-refractivity contribution is 6.31. The number of rotatable bonds is 4. The fraction of sp³-hybridized carbons (Fsp3) is 0.500. The van der Waals surface area contributed by atoms with Crippen molar-refractivity contribution in [1.29, 1.82) is 0 Å².